The predicted octanol–water partition coefficient (Wildman–Crippen LogP) is 3.04. The first-order valence-electron chi connectivity index (χ1n) is 14.9. The maximum atomic E-state index is 13.5. The van der Waals surface area contributed by atoms with Crippen LogP contribution < -0.4 is 26.6 Å². The number of anilines is 1. The molecule has 11 heteroatoms. The average molecular weight is 615 g/mol. The van der Waals surface area contributed by atoms with Crippen molar-refractivity contribution in [2.24, 2.45) is 0 Å². The fraction of sp³-hybridized carbons (Fsp3) is 0.324. The largest absolute Gasteiger partial charge is 0.394 e. The second-order valence-corrected chi connectivity index (χ2v) is 11.6. The molecule has 0 bridgehead atoms. The summed E-state index contributed by atoms with van der Waals surface area (Å²) in [6, 6.07) is 21.8. The number of carbonyl (C=O) groups is 3. The molecule has 4 rings (SSSR count). The van der Waals surface area contributed by atoms with Crippen molar-refractivity contribution in [2.45, 2.75) is 50.9 Å². The molecule has 0 aliphatic heterocycles. The van der Waals surface area contributed by atoms with Crippen LogP contribution in [0.1, 0.15) is 31.4 Å². The number of nitrogens with one attached hydrogen (secondary N) is 6. The second kappa shape index (κ2) is 15.3. The van der Waals surface area contributed by atoms with Crippen molar-refractivity contribution in [1.82, 2.24) is 26.3 Å². The standard InChI is InChI=1S/C34H42N6O5/c1-34(2,38-20-25(42)21-41)17-31(43)39-30(16-24-19-36-28-10-6-4-9-27(24)28)32(44)37-18-22-12-14-23(15-13-22)26-8-5-7-11-29(26)40-33(45)35-3/h4-15,19,25,30,36,38,41-42H,16-18,20-21H2,1-3H3,(H,37,44)(H,39,43)(H2,35,40,45)/t25-,30+/m0/s1. The third-order valence-corrected chi connectivity index (χ3v) is 7.51. The molecule has 0 aliphatic rings. The van der Waals surface area contributed by atoms with E-state index in [0.29, 0.717) is 5.69 Å². The van der Waals surface area contributed by atoms with E-state index in [-0.39, 0.29) is 50.4 Å². The zero-order valence-corrected chi connectivity index (χ0v) is 25.8. The Morgan fingerprint density at radius 3 is 2.40 bits per heavy atom. The van der Waals surface area contributed by atoms with E-state index in [9.17, 15) is 19.5 Å². The summed E-state index contributed by atoms with van der Waals surface area (Å²) in [6.07, 6.45) is 1.26. The third kappa shape index (κ3) is 9.39. The van der Waals surface area contributed by atoms with E-state index in [4.69, 9.17) is 5.11 Å². The monoisotopic (exact) mass is 614 g/mol. The molecule has 8 N–H and O–H groups in total. The quantitative estimate of drug-likeness (QED) is 0.109. The summed E-state index contributed by atoms with van der Waals surface area (Å²) in [4.78, 5) is 41.8. The van der Waals surface area contributed by atoms with Crippen molar-refractivity contribution in [3.8, 4) is 11.1 Å². The maximum absolute atomic E-state index is 13.5. The summed E-state index contributed by atoms with van der Waals surface area (Å²) in [7, 11) is 1.56. The van der Waals surface area contributed by atoms with E-state index in [1.807, 2.05) is 92.8 Å². The normalized spacial score (nSPS) is 12.7. The molecule has 4 aromatic rings. The first-order valence-corrected chi connectivity index (χ1v) is 14.9. The smallest absolute Gasteiger partial charge is 0.318 e. The minimum atomic E-state index is -0.934. The molecule has 4 amide bonds. The highest BCUT2D eigenvalue weighted by molar-refractivity contribution is 5.94. The molecule has 11 nitrogen and oxygen atoms in total. The average Bonchev–Trinajstić information content (AvgIpc) is 3.45. The number of benzene rings is 3. The molecule has 1 aromatic heterocycles. The number of urea groups is 1. The number of carbonyl (C=O) groups excluding carboxylic acids is 3. The second-order valence-electron chi connectivity index (χ2n) is 11.6. The molecule has 0 saturated heterocycles. The number of hydrogen-bond donors (Lipinski definition) is 8. The lowest BCUT2D eigenvalue weighted by Gasteiger charge is -2.28. The summed E-state index contributed by atoms with van der Waals surface area (Å²) >= 11 is 0. The van der Waals surface area contributed by atoms with Crippen LogP contribution in [0.25, 0.3) is 22.0 Å². The van der Waals surface area contributed by atoms with Gasteiger partial charge in [-0.2, -0.15) is 0 Å². The Kier molecular flexibility index (Phi) is 11.3. The Balaban J connectivity index is 1.45. The first-order chi connectivity index (χ1) is 21.6. The number of fused-ring (bicyclic) bond motifs is 1. The molecule has 1 heterocycles. The maximum Gasteiger partial charge on any atom is 0.318 e. The highest BCUT2D eigenvalue weighted by Crippen LogP contribution is 2.28. The van der Waals surface area contributed by atoms with Gasteiger partial charge >= 0.3 is 6.03 Å². The summed E-state index contributed by atoms with van der Waals surface area (Å²) < 4.78 is 0. The number of amides is 4. The van der Waals surface area contributed by atoms with E-state index >= 15 is 0 Å². The third-order valence-electron chi connectivity index (χ3n) is 7.51. The Hall–Kier alpha value is -4.71. The van der Waals surface area contributed by atoms with Crippen molar-refractivity contribution in [2.75, 3.05) is 25.5 Å². The SMILES string of the molecule is CNC(=O)Nc1ccccc1-c1ccc(CNC(=O)[C@@H](Cc2c[nH]c3ccccc23)NC(=O)CC(C)(C)NC[C@H](O)CO)cc1. The molecule has 0 saturated carbocycles. The van der Waals surface area contributed by atoms with E-state index in [2.05, 4.69) is 31.6 Å². The van der Waals surface area contributed by atoms with Crippen LogP contribution in [0.3, 0.4) is 0 Å². The number of H-pyrrole nitrogens is 1. The number of aliphatic hydroxyl groups excluding tert-OH is 2. The van der Waals surface area contributed by atoms with Gasteiger partial charge in [-0.15, -0.1) is 0 Å². The molecule has 0 aliphatic carbocycles. The fourth-order valence-corrected chi connectivity index (χ4v) is 5.04. The molecule has 0 radical (unpaired) electrons. The minimum absolute atomic E-state index is 0.0561. The van der Waals surface area contributed by atoms with Gasteiger partial charge in [-0.05, 0) is 42.7 Å². The highest BCUT2D eigenvalue weighted by Gasteiger charge is 2.27. The molecule has 2 atom stereocenters. The summed E-state index contributed by atoms with van der Waals surface area (Å²) in [5.41, 5.74) is 4.48. The van der Waals surface area contributed by atoms with Gasteiger partial charge < -0.3 is 41.8 Å². The topological polar surface area (TPSA) is 168 Å². The lowest BCUT2D eigenvalue weighted by atomic mass is 9.98. The Labute approximate surface area is 262 Å². The number of aromatic nitrogens is 1. The van der Waals surface area contributed by atoms with Gasteiger partial charge in [-0.3, -0.25) is 9.59 Å². The Morgan fingerprint density at radius 2 is 1.67 bits per heavy atom. The van der Waals surface area contributed by atoms with Crippen LogP contribution in [-0.4, -0.2) is 70.9 Å². The number of aliphatic hydroxyl groups is 2. The molecule has 0 unspecified atom stereocenters. The number of β-amino-alcohol motifs (C(OH)–C–C–N with tert-alkyl or cyclic N) is 1. The molecular weight excluding hydrogens is 572 g/mol. The fourth-order valence-electron chi connectivity index (χ4n) is 5.04. The number of rotatable bonds is 14. The number of hydrogen-bond acceptors (Lipinski definition) is 6. The van der Waals surface area contributed by atoms with Crippen molar-refractivity contribution >= 4 is 34.4 Å². The van der Waals surface area contributed by atoms with Crippen molar-refractivity contribution in [3.05, 3.63) is 90.1 Å². The van der Waals surface area contributed by atoms with Gasteiger partial charge in [0.15, 0.2) is 0 Å². The Morgan fingerprint density at radius 1 is 0.956 bits per heavy atom. The van der Waals surface area contributed by atoms with Gasteiger partial charge in [0.25, 0.3) is 0 Å². The molecule has 238 valence electrons. The highest BCUT2D eigenvalue weighted by atomic mass is 16.3. The zero-order valence-electron chi connectivity index (χ0n) is 25.8. The number of aromatic amines is 1. The molecule has 45 heavy (non-hydrogen) atoms. The van der Waals surface area contributed by atoms with Crippen LogP contribution in [-0.2, 0) is 22.6 Å². The molecule has 0 spiro atoms. The van der Waals surface area contributed by atoms with Crippen LogP contribution in [0.2, 0.25) is 0 Å². The predicted molar refractivity (Wildman–Crippen MR) is 176 cm³/mol. The lowest BCUT2D eigenvalue weighted by molar-refractivity contribution is -0.129. The van der Waals surface area contributed by atoms with Crippen LogP contribution in [0.15, 0.2) is 79.0 Å². The van der Waals surface area contributed by atoms with Crippen LogP contribution in [0.5, 0.6) is 0 Å². The summed E-state index contributed by atoms with van der Waals surface area (Å²) in [5.74, 6) is -0.640. The van der Waals surface area contributed by atoms with Gasteiger partial charge in [-0.1, -0.05) is 60.7 Å². The van der Waals surface area contributed by atoms with Crippen LogP contribution >= 0.6 is 0 Å². The van der Waals surface area contributed by atoms with Crippen molar-refractivity contribution in [3.63, 3.8) is 0 Å². The van der Waals surface area contributed by atoms with Gasteiger partial charge in [-0.25, -0.2) is 4.79 Å². The number of para-hydroxylation sites is 2. The van der Waals surface area contributed by atoms with Gasteiger partial charge in [0.1, 0.15) is 6.04 Å². The van der Waals surface area contributed by atoms with Gasteiger partial charge in [0.2, 0.25) is 11.8 Å². The molecule has 3 aromatic carbocycles. The van der Waals surface area contributed by atoms with Gasteiger partial charge in [0, 0.05) is 61.2 Å². The van der Waals surface area contributed by atoms with Crippen molar-refractivity contribution < 1.29 is 24.6 Å². The summed E-state index contributed by atoms with van der Waals surface area (Å²) in [5, 5.41) is 34.1. The zero-order chi connectivity index (χ0) is 32.4. The van der Waals surface area contributed by atoms with Crippen LogP contribution in [0, 0.1) is 0 Å². The van der Waals surface area contributed by atoms with E-state index < -0.39 is 17.7 Å². The molecular formula is C34H42N6O5. The van der Waals surface area contributed by atoms with E-state index in [0.717, 1.165) is 33.2 Å². The summed E-state index contributed by atoms with van der Waals surface area (Å²) in [6.45, 7) is 3.64. The van der Waals surface area contributed by atoms with Crippen LogP contribution in [0.4, 0.5) is 10.5 Å². The van der Waals surface area contributed by atoms with Gasteiger partial charge in [0.05, 0.1) is 18.4 Å². The Bertz CT molecular complexity index is 1600. The van der Waals surface area contributed by atoms with E-state index in [1.54, 1.807) is 7.05 Å². The molecule has 0 fully saturated rings. The minimum Gasteiger partial charge on any atom is -0.394 e. The van der Waals surface area contributed by atoms with Crippen molar-refractivity contribution in [1.29, 1.82) is 0 Å². The first kappa shape index (κ1) is 33.2. The lowest BCUT2D eigenvalue weighted by Crippen LogP contribution is -2.52. The van der Waals surface area contributed by atoms with E-state index in [1.165, 1.54) is 0 Å².